The van der Waals surface area contributed by atoms with Crippen molar-refractivity contribution in [3.05, 3.63) is 70.9 Å². The summed E-state index contributed by atoms with van der Waals surface area (Å²) in [5, 5.41) is 1.39. The highest BCUT2D eigenvalue weighted by atomic mass is 32.2. The highest BCUT2D eigenvalue weighted by molar-refractivity contribution is 7.98. The molecule has 126 valence electrons. The van der Waals surface area contributed by atoms with Gasteiger partial charge in [-0.1, -0.05) is 30.0 Å². The number of rotatable bonds is 4. The van der Waals surface area contributed by atoms with Crippen molar-refractivity contribution in [1.29, 1.82) is 0 Å². The predicted molar refractivity (Wildman–Crippen MR) is 101 cm³/mol. The summed E-state index contributed by atoms with van der Waals surface area (Å²) in [6, 6.07) is 13.5. The number of hydrogen-bond donors (Lipinski definition) is 0. The quantitative estimate of drug-likeness (QED) is 0.413. The zero-order chi connectivity index (χ0) is 17.4. The summed E-state index contributed by atoms with van der Waals surface area (Å²) >= 11 is 1.55. The van der Waals surface area contributed by atoms with Crippen LogP contribution in [0.2, 0.25) is 0 Å². The van der Waals surface area contributed by atoms with E-state index in [1.165, 1.54) is 0 Å². The minimum atomic E-state index is 0.0121. The molecule has 0 fully saturated rings. The zero-order valence-corrected chi connectivity index (χ0v) is 14.9. The van der Waals surface area contributed by atoms with E-state index >= 15 is 0 Å². The van der Waals surface area contributed by atoms with Crippen LogP contribution >= 0.6 is 11.8 Å². The normalized spacial score (nSPS) is 11.6. The van der Waals surface area contributed by atoms with Gasteiger partial charge in [0.25, 0.3) is 5.56 Å². The number of imidazole rings is 1. The summed E-state index contributed by atoms with van der Waals surface area (Å²) in [5.74, 6) is 0.666. The molecule has 0 aliphatic heterocycles. The van der Waals surface area contributed by atoms with Crippen molar-refractivity contribution >= 4 is 28.3 Å². The molecule has 0 amide bonds. The van der Waals surface area contributed by atoms with Gasteiger partial charge in [0.1, 0.15) is 5.65 Å². The number of benzene rings is 1. The van der Waals surface area contributed by atoms with Crippen molar-refractivity contribution in [1.82, 2.24) is 18.9 Å². The van der Waals surface area contributed by atoms with Crippen LogP contribution in [-0.4, -0.2) is 18.9 Å². The van der Waals surface area contributed by atoms with Gasteiger partial charge in [-0.25, -0.2) is 9.97 Å². The second kappa shape index (κ2) is 6.37. The zero-order valence-electron chi connectivity index (χ0n) is 14.1. The topological polar surface area (TPSA) is 52.2 Å². The number of aromatic nitrogens is 4. The van der Waals surface area contributed by atoms with Crippen LogP contribution in [-0.2, 0) is 5.75 Å². The van der Waals surface area contributed by atoms with E-state index in [-0.39, 0.29) is 11.6 Å². The SMILES string of the molecule is CC(C)n1c(SCc2cn3ccccc3n2)nc2ccccc2c1=O. The van der Waals surface area contributed by atoms with Crippen LogP contribution in [0.5, 0.6) is 0 Å². The molecule has 25 heavy (non-hydrogen) atoms. The Morgan fingerprint density at radius 2 is 1.88 bits per heavy atom. The van der Waals surface area contributed by atoms with E-state index in [1.807, 2.05) is 73.1 Å². The maximum Gasteiger partial charge on any atom is 0.262 e. The first kappa shape index (κ1) is 15.9. The van der Waals surface area contributed by atoms with E-state index in [2.05, 4.69) is 4.98 Å². The molecule has 0 bridgehead atoms. The van der Waals surface area contributed by atoms with E-state index in [9.17, 15) is 4.79 Å². The number of para-hydroxylation sites is 1. The van der Waals surface area contributed by atoms with Gasteiger partial charge in [-0.05, 0) is 38.1 Å². The molecule has 0 radical (unpaired) electrons. The number of hydrogen-bond acceptors (Lipinski definition) is 4. The summed E-state index contributed by atoms with van der Waals surface area (Å²) in [4.78, 5) is 22.2. The molecule has 0 N–H and O–H groups in total. The predicted octanol–water partition coefficient (Wildman–Crippen LogP) is 3.92. The first-order valence-corrected chi connectivity index (χ1v) is 9.19. The molecule has 0 spiro atoms. The van der Waals surface area contributed by atoms with E-state index in [0.29, 0.717) is 11.1 Å². The maximum absolute atomic E-state index is 12.8. The average Bonchev–Trinajstić information content (AvgIpc) is 3.02. The third-order valence-corrected chi connectivity index (χ3v) is 5.04. The Bertz CT molecular complexity index is 1080. The summed E-state index contributed by atoms with van der Waals surface area (Å²) < 4.78 is 3.77. The van der Waals surface area contributed by atoms with E-state index in [1.54, 1.807) is 16.3 Å². The van der Waals surface area contributed by atoms with Gasteiger partial charge in [-0.2, -0.15) is 0 Å². The number of nitrogens with zero attached hydrogens (tertiary/aromatic N) is 4. The monoisotopic (exact) mass is 350 g/mol. The summed E-state index contributed by atoms with van der Waals surface area (Å²) in [7, 11) is 0. The van der Waals surface area contributed by atoms with Crippen LogP contribution in [0.4, 0.5) is 0 Å². The van der Waals surface area contributed by atoms with E-state index < -0.39 is 0 Å². The van der Waals surface area contributed by atoms with Crippen LogP contribution in [0, 0.1) is 0 Å². The van der Waals surface area contributed by atoms with Gasteiger partial charge >= 0.3 is 0 Å². The lowest BCUT2D eigenvalue weighted by atomic mass is 10.2. The number of pyridine rings is 1. The fourth-order valence-electron chi connectivity index (χ4n) is 2.88. The largest absolute Gasteiger partial charge is 0.307 e. The third kappa shape index (κ3) is 2.93. The molecule has 0 unspecified atom stereocenters. The van der Waals surface area contributed by atoms with Gasteiger partial charge in [0.05, 0.1) is 16.6 Å². The molecule has 3 heterocycles. The maximum atomic E-state index is 12.8. The number of thioether (sulfide) groups is 1. The van der Waals surface area contributed by atoms with Crippen molar-refractivity contribution < 1.29 is 0 Å². The molecular weight excluding hydrogens is 332 g/mol. The minimum Gasteiger partial charge on any atom is -0.307 e. The van der Waals surface area contributed by atoms with Crippen molar-refractivity contribution in [3.63, 3.8) is 0 Å². The summed E-state index contributed by atoms with van der Waals surface area (Å²) in [6.45, 7) is 4.01. The van der Waals surface area contributed by atoms with Crippen LogP contribution < -0.4 is 5.56 Å². The molecule has 6 heteroatoms. The smallest absolute Gasteiger partial charge is 0.262 e. The first-order chi connectivity index (χ1) is 12.1. The molecule has 1 aromatic carbocycles. The van der Waals surface area contributed by atoms with Crippen LogP contribution in [0.3, 0.4) is 0 Å². The Morgan fingerprint density at radius 1 is 1.08 bits per heavy atom. The van der Waals surface area contributed by atoms with Crippen molar-refractivity contribution in [3.8, 4) is 0 Å². The Morgan fingerprint density at radius 3 is 2.68 bits per heavy atom. The molecule has 0 saturated carbocycles. The lowest BCUT2D eigenvalue weighted by Crippen LogP contribution is -2.25. The third-order valence-electron chi connectivity index (χ3n) is 4.05. The van der Waals surface area contributed by atoms with Crippen LogP contribution in [0.25, 0.3) is 16.6 Å². The van der Waals surface area contributed by atoms with E-state index in [0.717, 1.165) is 22.0 Å². The molecule has 5 nitrogen and oxygen atoms in total. The molecular formula is C19H18N4OS. The Balaban J connectivity index is 1.72. The summed E-state index contributed by atoms with van der Waals surface area (Å²) in [5.41, 5.74) is 2.64. The highest BCUT2D eigenvalue weighted by Gasteiger charge is 2.14. The van der Waals surface area contributed by atoms with Gasteiger partial charge in [0.2, 0.25) is 0 Å². The second-order valence-electron chi connectivity index (χ2n) is 6.17. The minimum absolute atomic E-state index is 0.0121. The van der Waals surface area contributed by atoms with Crippen molar-refractivity contribution in [2.75, 3.05) is 0 Å². The molecule has 0 atom stereocenters. The second-order valence-corrected chi connectivity index (χ2v) is 7.11. The molecule has 0 saturated heterocycles. The van der Waals surface area contributed by atoms with Crippen molar-refractivity contribution in [2.45, 2.75) is 30.8 Å². The molecule has 4 rings (SSSR count). The van der Waals surface area contributed by atoms with E-state index in [4.69, 9.17) is 4.98 Å². The number of fused-ring (bicyclic) bond motifs is 2. The Hall–Kier alpha value is -2.60. The van der Waals surface area contributed by atoms with Crippen molar-refractivity contribution in [2.24, 2.45) is 0 Å². The Kier molecular flexibility index (Phi) is 4.05. The lowest BCUT2D eigenvalue weighted by molar-refractivity contribution is 0.519. The fourth-order valence-corrected chi connectivity index (χ4v) is 3.89. The molecule has 3 aromatic heterocycles. The summed E-state index contributed by atoms with van der Waals surface area (Å²) in [6.07, 6.45) is 4.00. The average molecular weight is 350 g/mol. The van der Waals surface area contributed by atoms with Gasteiger partial charge < -0.3 is 4.40 Å². The Labute approximate surface area is 149 Å². The first-order valence-electron chi connectivity index (χ1n) is 8.20. The lowest BCUT2D eigenvalue weighted by Gasteiger charge is -2.15. The van der Waals surface area contributed by atoms with Crippen LogP contribution in [0.1, 0.15) is 25.6 Å². The van der Waals surface area contributed by atoms with Gasteiger partial charge in [0, 0.05) is 24.2 Å². The van der Waals surface area contributed by atoms with Crippen LogP contribution in [0.15, 0.2) is 64.8 Å². The molecule has 4 aromatic rings. The molecule has 0 aliphatic rings. The standard InChI is InChI=1S/C19H18N4OS/c1-13(2)23-18(24)15-7-3-4-8-16(15)21-19(23)25-12-14-11-22-10-6-5-9-17(22)20-14/h3-11,13H,12H2,1-2H3. The fraction of sp³-hybridized carbons (Fsp3) is 0.211. The molecule has 0 aliphatic carbocycles. The van der Waals surface area contributed by atoms with Gasteiger partial charge in [-0.15, -0.1) is 0 Å². The van der Waals surface area contributed by atoms with Gasteiger partial charge in [0.15, 0.2) is 5.16 Å². The highest BCUT2D eigenvalue weighted by Crippen LogP contribution is 2.24. The van der Waals surface area contributed by atoms with Gasteiger partial charge in [-0.3, -0.25) is 9.36 Å².